The van der Waals surface area contributed by atoms with Crippen LogP contribution in [0.3, 0.4) is 0 Å². The Labute approximate surface area is 101 Å². The number of rotatable bonds is 4. The molecule has 0 aliphatic heterocycles. The van der Waals surface area contributed by atoms with Crippen LogP contribution in [0.5, 0.6) is 0 Å². The fourth-order valence-electron chi connectivity index (χ4n) is 1.60. The first-order chi connectivity index (χ1) is 8.15. The lowest BCUT2D eigenvalue weighted by molar-refractivity contribution is 0.388. The molecule has 0 aliphatic rings. The topological polar surface area (TPSA) is 51.0 Å². The first kappa shape index (κ1) is 11.6. The second-order valence-corrected chi connectivity index (χ2v) is 4.36. The molecule has 0 atom stereocenters. The highest BCUT2D eigenvalue weighted by molar-refractivity contribution is 5.46. The molecule has 0 bridgehead atoms. The zero-order chi connectivity index (χ0) is 12.3. The van der Waals surface area contributed by atoms with Gasteiger partial charge in [0.15, 0.2) is 5.82 Å². The Morgan fingerprint density at radius 3 is 2.82 bits per heavy atom. The molecule has 2 aromatic rings. The lowest BCUT2D eigenvalue weighted by atomic mass is 10.0. The molecule has 4 nitrogen and oxygen atoms in total. The summed E-state index contributed by atoms with van der Waals surface area (Å²) in [6.07, 6.45) is 0. The predicted octanol–water partition coefficient (Wildman–Crippen LogP) is 3.11. The van der Waals surface area contributed by atoms with Crippen molar-refractivity contribution in [2.75, 3.05) is 5.32 Å². The van der Waals surface area contributed by atoms with E-state index in [9.17, 15) is 0 Å². The minimum atomic E-state index is 0.532. The molecule has 1 aromatic heterocycles. The Kier molecular flexibility index (Phi) is 3.42. The van der Waals surface area contributed by atoms with Crippen LogP contribution in [0.4, 0.5) is 5.69 Å². The molecule has 1 heterocycles. The van der Waals surface area contributed by atoms with Gasteiger partial charge in [-0.15, -0.1) is 0 Å². The highest BCUT2D eigenvalue weighted by atomic mass is 16.5. The number of aryl methyl sites for hydroxylation is 1. The second kappa shape index (κ2) is 4.99. The van der Waals surface area contributed by atoms with E-state index in [2.05, 4.69) is 47.5 Å². The molecule has 0 saturated carbocycles. The number of nitrogens with one attached hydrogen (secondary N) is 1. The highest BCUT2D eigenvalue weighted by Crippen LogP contribution is 2.18. The summed E-state index contributed by atoms with van der Waals surface area (Å²) in [5.41, 5.74) is 2.40. The van der Waals surface area contributed by atoms with Crippen LogP contribution in [0.2, 0.25) is 0 Å². The number of anilines is 1. The van der Waals surface area contributed by atoms with Crippen LogP contribution in [0.15, 0.2) is 28.8 Å². The summed E-state index contributed by atoms with van der Waals surface area (Å²) >= 11 is 0. The van der Waals surface area contributed by atoms with Crippen molar-refractivity contribution in [2.24, 2.45) is 0 Å². The smallest absolute Gasteiger partial charge is 0.223 e. The van der Waals surface area contributed by atoms with Gasteiger partial charge in [-0.05, 0) is 23.6 Å². The van der Waals surface area contributed by atoms with Crippen LogP contribution in [-0.4, -0.2) is 10.1 Å². The van der Waals surface area contributed by atoms with Crippen LogP contribution < -0.4 is 5.32 Å². The molecule has 0 amide bonds. The van der Waals surface area contributed by atoms with Crippen molar-refractivity contribution in [3.63, 3.8) is 0 Å². The van der Waals surface area contributed by atoms with Gasteiger partial charge in [0, 0.05) is 12.6 Å². The fraction of sp³-hybridized carbons (Fsp3) is 0.385. The molecular weight excluding hydrogens is 214 g/mol. The van der Waals surface area contributed by atoms with Crippen LogP contribution >= 0.6 is 0 Å². The first-order valence-corrected chi connectivity index (χ1v) is 5.78. The Hall–Kier alpha value is -1.84. The molecule has 1 N–H and O–H groups in total. The zero-order valence-electron chi connectivity index (χ0n) is 10.4. The van der Waals surface area contributed by atoms with Gasteiger partial charge in [-0.2, -0.15) is 4.98 Å². The molecule has 0 fully saturated rings. The predicted molar refractivity (Wildman–Crippen MR) is 66.9 cm³/mol. The van der Waals surface area contributed by atoms with Crippen molar-refractivity contribution in [1.29, 1.82) is 0 Å². The third kappa shape index (κ3) is 3.06. The molecule has 17 heavy (non-hydrogen) atoms. The van der Waals surface area contributed by atoms with Crippen molar-refractivity contribution in [1.82, 2.24) is 10.1 Å². The molecule has 0 unspecified atom stereocenters. The molecule has 0 spiro atoms. The summed E-state index contributed by atoms with van der Waals surface area (Å²) in [5.74, 6) is 1.80. The lowest BCUT2D eigenvalue weighted by Crippen LogP contribution is -2.01. The van der Waals surface area contributed by atoms with Crippen molar-refractivity contribution in [3.05, 3.63) is 41.5 Å². The number of hydrogen-bond donors (Lipinski definition) is 1. The van der Waals surface area contributed by atoms with Gasteiger partial charge < -0.3 is 9.84 Å². The summed E-state index contributed by atoms with van der Waals surface area (Å²) in [7, 11) is 0. The van der Waals surface area contributed by atoms with Crippen molar-refractivity contribution < 1.29 is 4.52 Å². The van der Waals surface area contributed by atoms with Gasteiger partial charge in [-0.3, -0.25) is 0 Å². The van der Waals surface area contributed by atoms with Crippen LogP contribution in [0, 0.1) is 6.92 Å². The minimum Gasteiger partial charge on any atom is -0.378 e. The second-order valence-electron chi connectivity index (χ2n) is 4.36. The van der Waals surface area contributed by atoms with Gasteiger partial charge >= 0.3 is 0 Å². The maximum absolute atomic E-state index is 4.91. The van der Waals surface area contributed by atoms with E-state index in [1.54, 1.807) is 6.92 Å². The number of aromatic nitrogens is 2. The summed E-state index contributed by atoms with van der Waals surface area (Å²) in [6, 6.07) is 8.38. The largest absolute Gasteiger partial charge is 0.378 e. The summed E-state index contributed by atoms with van der Waals surface area (Å²) < 4.78 is 4.91. The summed E-state index contributed by atoms with van der Waals surface area (Å²) in [4.78, 5) is 4.14. The van der Waals surface area contributed by atoms with Gasteiger partial charge in [-0.25, -0.2) is 0 Å². The molecule has 0 saturated heterocycles. The van der Waals surface area contributed by atoms with Gasteiger partial charge in [0.25, 0.3) is 0 Å². The van der Waals surface area contributed by atoms with Gasteiger partial charge in [0.1, 0.15) is 0 Å². The van der Waals surface area contributed by atoms with E-state index in [1.807, 2.05) is 6.07 Å². The summed E-state index contributed by atoms with van der Waals surface area (Å²) in [6.45, 7) is 6.73. The SMILES string of the molecule is Cc1nc(CNc2cccc(C(C)C)c2)no1. The molecule has 90 valence electrons. The van der Waals surface area contributed by atoms with Gasteiger partial charge in [0.05, 0.1) is 6.54 Å². The monoisotopic (exact) mass is 231 g/mol. The van der Waals surface area contributed by atoms with E-state index >= 15 is 0 Å². The molecule has 0 aliphatic carbocycles. The van der Waals surface area contributed by atoms with E-state index in [-0.39, 0.29) is 0 Å². The lowest BCUT2D eigenvalue weighted by Gasteiger charge is -2.08. The van der Waals surface area contributed by atoms with E-state index in [4.69, 9.17) is 4.52 Å². The van der Waals surface area contributed by atoms with E-state index in [0.29, 0.717) is 24.2 Å². The van der Waals surface area contributed by atoms with Crippen molar-refractivity contribution >= 4 is 5.69 Å². The molecular formula is C13H17N3O. The van der Waals surface area contributed by atoms with Crippen LogP contribution in [0.25, 0.3) is 0 Å². The molecule has 0 radical (unpaired) electrons. The van der Waals surface area contributed by atoms with E-state index < -0.39 is 0 Å². The molecule has 4 heteroatoms. The molecule has 1 aromatic carbocycles. The highest BCUT2D eigenvalue weighted by Gasteiger charge is 2.03. The van der Waals surface area contributed by atoms with Crippen LogP contribution in [-0.2, 0) is 6.54 Å². The van der Waals surface area contributed by atoms with Crippen LogP contribution in [0.1, 0.15) is 37.0 Å². The Morgan fingerprint density at radius 1 is 1.35 bits per heavy atom. The third-order valence-electron chi connectivity index (χ3n) is 2.57. The van der Waals surface area contributed by atoms with E-state index in [1.165, 1.54) is 5.56 Å². The fourth-order valence-corrected chi connectivity index (χ4v) is 1.60. The standard InChI is InChI=1S/C13H17N3O/c1-9(2)11-5-4-6-12(7-11)14-8-13-15-10(3)17-16-13/h4-7,9,14H,8H2,1-3H3. The maximum Gasteiger partial charge on any atom is 0.223 e. The number of benzene rings is 1. The average molecular weight is 231 g/mol. The summed E-state index contributed by atoms with van der Waals surface area (Å²) in [5, 5.41) is 7.12. The third-order valence-corrected chi connectivity index (χ3v) is 2.57. The van der Waals surface area contributed by atoms with Gasteiger partial charge in [-0.1, -0.05) is 31.1 Å². The van der Waals surface area contributed by atoms with E-state index in [0.717, 1.165) is 5.69 Å². The number of hydrogen-bond acceptors (Lipinski definition) is 4. The van der Waals surface area contributed by atoms with Crippen molar-refractivity contribution in [2.45, 2.75) is 33.2 Å². The maximum atomic E-state index is 4.91. The average Bonchev–Trinajstić information content (AvgIpc) is 2.73. The Bertz CT molecular complexity index is 491. The normalized spacial score (nSPS) is 10.8. The zero-order valence-corrected chi connectivity index (χ0v) is 10.4. The Balaban J connectivity index is 2.01. The number of nitrogens with zero attached hydrogens (tertiary/aromatic N) is 2. The minimum absolute atomic E-state index is 0.532. The molecule has 2 rings (SSSR count). The van der Waals surface area contributed by atoms with Crippen molar-refractivity contribution in [3.8, 4) is 0 Å². The quantitative estimate of drug-likeness (QED) is 0.878. The first-order valence-electron chi connectivity index (χ1n) is 5.78. The Morgan fingerprint density at radius 2 is 2.18 bits per heavy atom. The van der Waals surface area contributed by atoms with Gasteiger partial charge in [0.2, 0.25) is 5.89 Å².